The molecule has 1 saturated heterocycles. The molecule has 1 N–H and O–H groups in total. The van der Waals surface area contributed by atoms with Gasteiger partial charge in [0.05, 0.1) is 29.5 Å². The zero-order valence-corrected chi connectivity index (χ0v) is 16.4. The molecule has 2 heterocycles. The van der Waals surface area contributed by atoms with Gasteiger partial charge in [-0.2, -0.15) is 0 Å². The molecule has 0 saturated carbocycles. The molecule has 7 nitrogen and oxygen atoms in total. The van der Waals surface area contributed by atoms with Crippen LogP contribution in [0.1, 0.15) is 30.1 Å². The van der Waals surface area contributed by atoms with Gasteiger partial charge in [0.15, 0.2) is 0 Å². The summed E-state index contributed by atoms with van der Waals surface area (Å²) < 4.78 is 7.87. The summed E-state index contributed by atoms with van der Waals surface area (Å²) in [7, 11) is 0. The number of aryl methyl sites for hydroxylation is 1. The molecule has 150 valence electrons. The minimum atomic E-state index is -0.243. The van der Waals surface area contributed by atoms with Crippen molar-refractivity contribution in [3.63, 3.8) is 0 Å². The standard InChI is InChI=1S/C22H24N4O3/c1-2-25-15-23-18-14-16(9-10-19(18)25)24-22(28)17-6-3-4-7-20(17)29-13-12-26-11-5-8-21(26)27/h3-4,6-7,9-10,14-15H,2,5,8,11-13H2,1H3,(H,24,28). The first kappa shape index (κ1) is 19.0. The molecular weight excluding hydrogens is 368 g/mol. The van der Waals surface area contributed by atoms with Crippen LogP contribution >= 0.6 is 0 Å². The number of aromatic nitrogens is 2. The maximum Gasteiger partial charge on any atom is 0.259 e. The highest BCUT2D eigenvalue weighted by atomic mass is 16.5. The Balaban J connectivity index is 1.44. The first-order valence-electron chi connectivity index (χ1n) is 9.91. The van der Waals surface area contributed by atoms with Crippen LogP contribution in [0.25, 0.3) is 11.0 Å². The van der Waals surface area contributed by atoms with Gasteiger partial charge in [-0.1, -0.05) is 12.1 Å². The van der Waals surface area contributed by atoms with E-state index in [-0.39, 0.29) is 11.8 Å². The van der Waals surface area contributed by atoms with Gasteiger partial charge in [-0.15, -0.1) is 0 Å². The number of imidazole rings is 1. The second-order valence-corrected chi connectivity index (χ2v) is 7.02. The monoisotopic (exact) mass is 392 g/mol. The number of nitrogens with one attached hydrogen (secondary N) is 1. The third kappa shape index (κ3) is 4.08. The Hall–Kier alpha value is -3.35. The summed E-state index contributed by atoms with van der Waals surface area (Å²) in [6.07, 6.45) is 3.31. The third-order valence-corrected chi connectivity index (χ3v) is 5.14. The summed E-state index contributed by atoms with van der Waals surface area (Å²) >= 11 is 0. The maximum atomic E-state index is 12.8. The fourth-order valence-corrected chi connectivity index (χ4v) is 3.58. The minimum Gasteiger partial charge on any atom is -0.491 e. The number of carbonyl (C=O) groups is 2. The molecule has 4 rings (SSSR count). The number of nitrogens with zero attached hydrogens (tertiary/aromatic N) is 3. The van der Waals surface area contributed by atoms with E-state index in [1.807, 2.05) is 24.3 Å². The van der Waals surface area contributed by atoms with Crippen LogP contribution in [-0.2, 0) is 11.3 Å². The van der Waals surface area contributed by atoms with E-state index in [1.165, 1.54) is 0 Å². The number of para-hydroxylation sites is 1. The van der Waals surface area contributed by atoms with Crippen molar-refractivity contribution >= 4 is 28.5 Å². The molecule has 0 spiro atoms. The van der Waals surface area contributed by atoms with Crippen LogP contribution in [0, 0.1) is 0 Å². The van der Waals surface area contributed by atoms with E-state index in [0.29, 0.717) is 36.6 Å². The van der Waals surface area contributed by atoms with Gasteiger partial charge < -0.3 is 19.5 Å². The van der Waals surface area contributed by atoms with Crippen LogP contribution in [0.5, 0.6) is 5.75 Å². The molecular formula is C22H24N4O3. The van der Waals surface area contributed by atoms with Gasteiger partial charge >= 0.3 is 0 Å². The van der Waals surface area contributed by atoms with Crippen LogP contribution in [0.2, 0.25) is 0 Å². The first-order chi connectivity index (χ1) is 14.2. The molecule has 1 fully saturated rings. The fraction of sp³-hybridized carbons (Fsp3) is 0.318. The average molecular weight is 392 g/mol. The quantitative estimate of drug-likeness (QED) is 0.669. The van der Waals surface area contributed by atoms with Crippen LogP contribution in [0.15, 0.2) is 48.8 Å². The van der Waals surface area contributed by atoms with Crippen LogP contribution in [0.4, 0.5) is 5.69 Å². The summed E-state index contributed by atoms with van der Waals surface area (Å²) in [6, 6.07) is 12.8. The van der Waals surface area contributed by atoms with Gasteiger partial charge in [-0.3, -0.25) is 9.59 Å². The van der Waals surface area contributed by atoms with Gasteiger partial charge in [-0.05, 0) is 43.7 Å². The molecule has 29 heavy (non-hydrogen) atoms. The number of hydrogen-bond acceptors (Lipinski definition) is 4. The van der Waals surface area contributed by atoms with E-state index in [4.69, 9.17) is 4.74 Å². The number of amides is 2. The topological polar surface area (TPSA) is 76.5 Å². The molecule has 0 bridgehead atoms. The molecule has 0 atom stereocenters. The number of hydrogen-bond donors (Lipinski definition) is 1. The fourth-order valence-electron chi connectivity index (χ4n) is 3.58. The summed E-state index contributed by atoms with van der Waals surface area (Å²) in [5.41, 5.74) is 3.01. The summed E-state index contributed by atoms with van der Waals surface area (Å²) in [5, 5.41) is 2.92. The van der Waals surface area contributed by atoms with E-state index in [1.54, 1.807) is 29.4 Å². The Labute approximate surface area is 169 Å². The largest absolute Gasteiger partial charge is 0.491 e. The number of likely N-dealkylation sites (tertiary alicyclic amines) is 1. The molecule has 2 amide bonds. The lowest BCUT2D eigenvalue weighted by atomic mass is 10.1. The van der Waals surface area contributed by atoms with Crippen molar-refractivity contribution < 1.29 is 14.3 Å². The zero-order chi connectivity index (χ0) is 20.2. The van der Waals surface area contributed by atoms with Gasteiger partial charge in [0.1, 0.15) is 12.4 Å². The molecule has 7 heteroatoms. The highest BCUT2D eigenvalue weighted by Gasteiger charge is 2.20. The lowest BCUT2D eigenvalue weighted by Crippen LogP contribution is -2.29. The smallest absolute Gasteiger partial charge is 0.259 e. The minimum absolute atomic E-state index is 0.167. The van der Waals surface area contributed by atoms with Crippen molar-refractivity contribution in [2.45, 2.75) is 26.3 Å². The Morgan fingerprint density at radius 2 is 2.10 bits per heavy atom. The van der Waals surface area contributed by atoms with Crippen molar-refractivity contribution in [1.29, 1.82) is 0 Å². The number of fused-ring (bicyclic) bond motifs is 1. The van der Waals surface area contributed by atoms with Crippen molar-refractivity contribution in [3.05, 3.63) is 54.4 Å². The van der Waals surface area contributed by atoms with Crippen molar-refractivity contribution in [2.24, 2.45) is 0 Å². The van der Waals surface area contributed by atoms with Gasteiger partial charge in [0, 0.05) is 25.2 Å². The number of ether oxygens (including phenoxy) is 1. The molecule has 2 aromatic carbocycles. The van der Waals surface area contributed by atoms with Crippen molar-refractivity contribution in [3.8, 4) is 5.75 Å². The average Bonchev–Trinajstić information content (AvgIpc) is 3.33. The molecule has 0 radical (unpaired) electrons. The highest BCUT2D eigenvalue weighted by molar-refractivity contribution is 6.06. The molecule has 3 aromatic rings. The summed E-state index contributed by atoms with van der Waals surface area (Å²) in [6.45, 7) is 4.58. The van der Waals surface area contributed by atoms with Gasteiger partial charge in [-0.25, -0.2) is 4.98 Å². The number of rotatable bonds is 7. The molecule has 1 aliphatic heterocycles. The number of anilines is 1. The molecule has 0 unspecified atom stereocenters. The van der Waals surface area contributed by atoms with E-state index in [0.717, 1.165) is 30.5 Å². The normalized spacial score (nSPS) is 13.8. The van der Waals surface area contributed by atoms with Crippen molar-refractivity contribution in [1.82, 2.24) is 14.5 Å². The van der Waals surface area contributed by atoms with E-state index < -0.39 is 0 Å². The SMILES string of the molecule is CCn1cnc2cc(NC(=O)c3ccccc3OCCN3CCCC3=O)ccc21. The van der Waals surface area contributed by atoms with Crippen LogP contribution in [0.3, 0.4) is 0 Å². The molecule has 1 aromatic heterocycles. The number of carbonyl (C=O) groups excluding carboxylic acids is 2. The molecule has 0 aliphatic carbocycles. The zero-order valence-electron chi connectivity index (χ0n) is 16.4. The van der Waals surface area contributed by atoms with Crippen LogP contribution in [-0.4, -0.2) is 46.0 Å². The lowest BCUT2D eigenvalue weighted by Gasteiger charge is -2.17. The van der Waals surface area contributed by atoms with Gasteiger partial charge in [0.2, 0.25) is 5.91 Å². The Bertz CT molecular complexity index is 1040. The second-order valence-electron chi connectivity index (χ2n) is 7.02. The Morgan fingerprint density at radius 1 is 1.24 bits per heavy atom. The van der Waals surface area contributed by atoms with Gasteiger partial charge in [0.25, 0.3) is 5.91 Å². The Kier molecular flexibility index (Phi) is 5.46. The Morgan fingerprint density at radius 3 is 2.90 bits per heavy atom. The summed E-state index contributed by atoms with van der Waals surface area (Å²) in [4.78, 5) is 30.7. The summed E-state index contributed by atoms with van der Waals surface area (Å²) in [5.74, 6) is 0.431. The van der Waals surface area contributed by atoms with E-state index in [2.05, 4.69) is 21.8 Å². The maximum absolute atomic E-state index is 12.8. The predicted molar refractivity (Wildman–Crippen MR) is 111 cm³/mol. The second kappa shape index (κ2) is 8.34. The number of benzene rings is 2. The third-order valence-electron chi connectivity index (χ3n) is 5.14. The van der Waals surface area contributed by atoms with Crippen LogP contribution < -0.4 is 10.1 Å². The predicted octanol–water partition coefficient (Wildman–Crippen LogP) is 3.31. The van der Waals surface area contributed by atoms with E-state index in [9.17, 15) is 9.59 Å². The first-order valence-corrected chi connectivity index (χ1v) is 9.91. The van der Waals surface area contributed by atoms with E-state index >= 15 is 0 Å². The molecule has 1 aliphatic rings. The van der Waals surface area contributed by atoms with Crippen molar-refractivity contribution in [2.75, 3.05) is 25.0 Å². The lowest BCUT2D eigenvalue weighted by molar-refractivity contribution is -0.128. The highest BCUT2D eigenvalue weighted by Crippen LogP contribution is 2.22.